The van der Waals surface area contributed by atoms with Gasteiger partial charge in [-0.25, -0.2) is 9.89 Å². The number of thioether (sulfide) groups is 1. The van der Waals surface area contributed by atoms with Crippen LogP contribution in [-0.2, 0) is 4.79 Å². The lowest BCUT2D eigenvalue weighted by molar-refractivity contribution is -0.133. The van der Waals surface area contributed by atoms with Crippen molar-refractivity contribution in [3.8, 4) is 0 Å². The molecule has 2 rings (SSSR count). The van der Waals surface area contributed by atoms with Crippen LogP contribution in [0.1, 0.15) is 18.7 Å². The fraction of sp³-hybridized carbons (Fsp3) is 0.300. The van der Waals surface area contributed by atoms with E-state index in [1.54, 1.807) is 19.1 Å². The predicted octanol–water partition coefficient (Wildman–Crippen LogP) is 0.950. The molecule has 2 aromatic heterocycles. The Balaban J connectivity index is 2.29. The van der Waals surface area contributed by atoms with E-state index < -0.39 is 11.7 Å². The summed E-state index contributed by atoms with van der Waals surface area (Å²) in [6.07, 6.45) is 1.51. The number of hydrogen-bond donors (Lipinski definition) is 2. The van der Waals surface area contributed by atoms with Crippen LogP contribution in [0.25, 0.3) is 0 Å². The standard InChI is InChI=1S/C10H11N3O4S/c1-6(7-3-2-4-17-7)13-9(16)11-12-10(13)18-5-8(14)15/h2-4,6H,5H2,1H3,(H,11,16)(H,14,15). The largest absolute Gasteiger partial charge is 0.481 e. The van der Waals surface area contributed by atoms with Crippen molar-refractivity contribution in [1.82, 2.24) is 14.8 Å². The molecule has 0 aliphatic carbocycles. The fourth-order valence-corrected chi connectivity index (χ4v) is 2.26. The topological polar surface area (TPSA) is 101 Å². The van der Waals surface area contributed by atoms with E-state index in [4.69, 9.17) is 9.52 Å². The van der Waals surface area contributed by atoms with Crippen molar-refractivity contribution < 1.29 is 14.3 Å². The minimum atomic E-state index is -0.965. The molecule has 7 nitrogen and oxygen atoms in total. The third-order valence-electron chi connectivity index (χ3n) is 2.34. The zero-order chi connectivity index (χ0) is 13.1. The molecule has 1 atom stereocenters. The third kappa shape index (κ3) is 2.48. The molecule has 0 aromatic carbocycles. The van der Waals surface area contributed by atoms with Crippen molar-refractivity contribution in [2.75, 3.05) is 5.75 Å². The minimum absolute atomic E-state index is 0.158. The molecule has 1 unspecified atom stereocenters. The first-order chi connectivity index (χ1) is 8.59. The first kappa shape index (κ1) is 12.5. The van der Waals surface area contributed by atoms with Crippen LogP contribution in [0.4, 0.5) is 0 Å². The first-order valence-corrected chi connectivity index (χ1v) is 6.13. The van der Waals surface area contributed by atoms with Crippen molar-refractivity contribution in [3.05, 3.63) is 34.6 Å². The molecule has 0 saturated heterocycles. The summed E-state index contributed by atoms with van der Waals surface area (Å²) in [7, 11) is 0. The van der Waals surface area contributed by atoms with Gasteiger partial charge in [0.1, 0.15) is 5.76 Å². The molecule has 2 aromatic rings. The molecule has 2 heterocycles. The summed E-state index contributed by atoms with van der Waals surface area (Å²) in [5.41, 5.74) is -0.396. The molecule has 0 radical (unpaired) electrons. The van der Waals surface area contributed by atoms with Crippen LogP contribution in [-0.4, -0.2) is 31.6 Å². The summed E-state index contributed by atoms with van der Waals surface area (Å²) in [6, 6.07) is 3.12. The Morgan fingerprint density at radius 1 is 1.72 bits per heavy atom. The number of furan rings is 1. The van der Waals surface area contributed by atoms with Gasteiger partial charge in [-0.15, -0.1) is 5.10 Å². The van der Waals surface area contributed by atoms with Gasteiger partial charge in [-0.05, 0) is 19.1 Å². The molecular weight excluding hydrogens is 258 g/mol. The zero-order valence-electron chi connectivity index (χ0n) is 9.49. The van der Waals surface area contributed by atoms with Crippen LogP contribution in [0.15, 0.2) is 32.8 Å². The van der Waals surface area contributed by atoms with Crippen molar-refractivity contribution >= 4 is 17.7 Å². The fourth-order valence-electron chi connectivity index (χ4n) is 1.52. The van der Waals surface area contributed by atoms with Gasteiger partial charge in [-0.1, -0.05) is 11.8 Å². The normalized spacial score (nSPS) is 12.5. The van der Waals surface area contributed by atoms with Crippen LogP contribution >= 0.6 is 11.8 Å². The highest BCUT2D eigenvalue weighted by molar-refractivity contribution is 7.99. The van der Waals surface area contributed by atoms with E-state index in [0.29, 0.717) is 10.9 Å². The number of carboxylic acids is 1. The second-order valence-electron chi connectivity index (χ2n) is 3.56. The van der Waals surface area contributed by atoms with Crippen LogP contribution < -0.4 is 5.69 Å². The first-order valence-electron chi connectivity index (χ1n) is 5.14. The third-order valence-corrected chi connectivity index (χ3v) is 3.28. The summed E-state index contributed by atoms with van der Waals surface area (Å²) in [5, 5.41) is 15.1. The van der Waals surface area contributed by atoms with Gasteiger partial charge in [-0.3, -0.25) is 9.36 Å². The maximum Gasteiger partial charge on any atom is 0.344 e. The predicted molar refractivity (Wildman–Crippen MR) is 63.7 cm³/mol. The molecule has 2 N–H and O–H groups in total. The Bertz CT molecular complexity index is 587. The number of H-pyrrole nitrogens is 1. The number of nitrogens with one attached hydrogen (secondary N) is 1. The van der Waals surface area contributed by atoms with Gasteiger partial charge in [0.15, 0.2) is 5.16 Å². The van der Waals surface area contributed by atoms with Gasteiger partial charge in [0.2, 0.25) is 0 Å². The summed E-state index contributed by atoms with van der Waals surface area (Å²) in [4.78, 5) is 22.2. The highest BCUT2D eigenvalue weighted by Gasteiger charge is 2.19. The summed E-state index contributed by atoms with van der Waals surface area (Å²) >= 11 is 0.981. The van der Waals surface area contributed by atoms with E-state index in [1.807, 2.05) is 0 Å². The second-order valence-corrected chi connectivity index (χ2v) is 4.50. The van der Waals surface area contributed by atoms with E-state index in [9.17, 15) is 9.59 Å². The molecule has 0 spiro atoms. The van der Waals surface area contributed by atoms with Crippen molar-refractivity contribution in [3.63, 3.8) is 0 Å². The molecule has 0 bridgehead atoms. The molecule has 0 amide bonds. The molecule has 18 heavy (non-hydrogen) atoms. The quantitative estimate of drug-likeness (QED) is 0.784. The molecule has 0 aliphatic heterocycles. The van der Waals surface area contributed by atoms with Crippen LogP contribution in [0.5, 0.6) is 0 Å². The number of hydrogen-bond acceptors (Lipinski definition) is 5. The number of carboxylic acid groups (broad SMARTS) is 1. The molecule has 0 fully saturated rings. The van der Waals surface area contributed by atoms with Gasteiger partial charge in [-0.2, -0.15) is 0 Å². The Labute approximate surface area is 106 Å². The second kappa shape index (κ2) is 5.13. The van der Waals surface area contributed by atoms with E-state index >= 15 is 0 Å². The maximum atomic E-state index is 11.7. The summed E-state index contributed by atoms with van der Waals surface area (Å²) in [5.74, 6) is -0.516. The van der Waals surface area contributed by atoms with Crippen molar-refractivity contribution in [2.45, 2.75) is 18.1 Å². The Kier molecular flexibility index (Phi) is 3.56. The lowest BCUT2D eigenvalue weighted by atomic mass is 10.2. The number of rotatable bonds is 5. The minimum Gasteiger partial charge on any atom is -0.481 e. The van der Waals surface area contributed by atoms with Crippen molar-refractivity contribution in [1.29, 1.82) is 0 Å². The van der Waals surface area contributed by atoms with E-state index in [1.165, 1.54) is 10.8 Å². The number of carbonyl (C=O) groups is 1. The van der Waals surface area contributed by atoms with Crippen molar-refractivity contribution in [2.24, 2.45) is 0 Å². The average Bonchev–Trinajstić information content (AvgIpc) is 2.94. The van der Waals surface area contributed by atoms with Crippen LogP contribution in [0.2, 0.25) is 0 Å². The lowest BCUT2D eigenvalue weighted by Crippen LogP contribution is -2.22. The van der Waals surface area contributed by atoms with Gasteiger partial charge in [0.25, 0.3) is 0 Å². The van der Waals surface area contributed by atoms with E-state index in [0.717, 1.165) is 11.8 Å². The Morgan fingerprint density at radius 2 is 2.50 bits per heavy atom. The molecule has 8 heteroatoms. The molecule has 0 saturated carbocycles. The lowest BCUT2D eigenvalue weighted by Gasteiger charge is -2.10. The number of aromatic amines is 1. The highest BCUT2D eigenvalue weighted by atomic mass is 32.2. The molecule has 96 valence electrons. The summed E-state index contributed by atoms with van der Waals surface area (Å²) in [6.45, 7) is 1.78. The SMILES string of the molecule is CC(c1ccco1)n1c(SCC(=O)O)n[nH]c1=O. The van der Waals surface area contributed by atoms with Crippen LogP contribution in [0, 0.1) is 0 Å². The maximum absolute atomic E-state index is 11.7. The monoisotopic (exact) mass is 269 g/mol. The number of aromatic nitrogens is 3. The summed E-state index contributed by atoms with van der Waals surface area (Å²) < 4.78 is 6.60. The molecular formula is C10H11N3O4S. The Morgan fingerprint density at radius 3 is 3.11 bits per heavy atom. The molecule has 0 aliphatic rings. The van der Waals surface area contributed by atoms with Crippen LogP contribution in [0.3, 0.4) is 0 Å². The highest BCUT2D eigenvalue weighted by Crippen LogP contribution is 2.22. The average molecular weight is 269 g/mol. The van der Waals surface area contributed by atoms with Gasteiger partial charge >= 0.3 is 11.7 Å². The van der Waals surface area contributed by atoms with Gasteiger partial charge in [0.05, 0.1) is 18.1 Å². The zero-order valence-corrected chi connectivity index (χ0v) is 10.3. The van der Waals surface area contributed by atoms with E-state index in [2.05, 4.69) is 10.2 Å². The van der Waals surface area contributed by atoms with Gasteiger partial charge in [0, 0.05) is 0 Å². The smallest absolute Gasteiger partial charge is 0.344 e. The van der Waals surface area contributed by atoms with E-state index in [-0.39, 0.29) is 11.8 Å². The Hall–Kier alpha value is -1.96. The van der Waals surface area contributed by atoms with Gasteiger partial charge < -0.3 is 9.52 Å². The number of aliphatic carboxylic acids is 1. The number of nitrogens with zero attached hydrogens (tertiary/aromatic N) is 2.